The summed E-state index contributed by atoms with van der Waals surface area (Å²) in [5.74, 6) is 0.102. The van der Waals surface area contributed by atoms with E-state index in [-0.39, 0.29) is 18.0 Å². The van der Waals surface area contributed by atoms with E-state index in [2.05, 4.69) is 10.1 Å². The lowest BCUT2D eigenvalue weighted by atomic mass is 10.1. The van der Waals surface area contributed by atoms with Crippen LogP contribution in [-0.4, -0.2) is 50.6 Å². The van der Waals surface area contributed by atoms with Gasteiger partial charge in [0.15, 0.2) is 5.84 Å². The van der Waals surface area contributed by atoms with Gasteiger partial charge in [-0.2, -0.15) is 0 Å². The molecule has 1 saturated heterocycles. The van der Waals surface area contributed by atoms with Gasteiger partial charge in [0.1, 0.15) is 12.2 Å². The van der Waals surface area contributed by atoms with Crippen molar-refractivity contribution in [2.24, 2.45) is 10.9 Å². The molecule has 0 aliphatic carbocycles. The number of hydrogen-bond donors (Lipinski definition) is 2. The van der Waals surface area contributed by atoms with E-state index in [0.717, 1.165) is 5.69 Å². The summed E-state index contributed by atoms with van der Waals surface area (Å²) in [5.41, 5.74) is 7.33. The SMILES string of the molecule is COC1CN(c2ccccc2/C(N)=N/O)CC1OC. The standard InChI is InChI=1S/C13H19N3O3/c1-18-11-7-16(8-12(11)19-2)10-6-4-3-5-9(10)13(14)15-17/h3-6,11-12,17H,7-8H2,1-2H3,(H2,14,15). The van der Waals surface area contributed by atoms with Crippen LogP contribution < -0.4 is 10.6 Å². The van der Waals surface area contributed by atoms with Crippen molar-refractivity contribution in [2.75, 3.05) is 32.2 Å². The fraction of sp³-hybridized carbons (Fsp3) is 0.462. The van der Waals surface area contributed by atoms with Crippen LogP contribution in [0.25, 0.3) is 0 Å². The highest BCUT2D eigenvalue weighted by Gasteiger charge is 2.34. The lowest BCUT2D eigenvalue weighted by Gasteiger charge is -2.21. The third kappa shape index (κ3) is 2.64. The molecule has 6 heteroatoms. The highest BCUT2D eigenvalue weighted by Crippen LogP contribution is 2.26. The summed E-state index contributed by atoms with van der Waals surface area (Å²) in [6.07, 6.45) is 0.0377. The van der Waals surface area contributed by atoms with Gasteiger partial charge >= 0.3 is 0 Å². The van der Waals surface area contributed by atoms with Gasteiger partial charge < -0.3 is 25.3 Å². The molecule has 0 amide bonds. The number of benzene rings is 1. The van der Waals surface area contributed by atoms with Crippen LogP contribution in [0.4, 0.5) is 5.69 Å². The average molecular weight is 265 g/mol. The Morgan fingerprint density at radius 3 is 2.37 bits per heavy atom. The predicted octanol–water partition coefficient (Wildman–Crippen LogP) is 0.631. The molecule has 104 valence electrons. The first-order chi connectivity index (χ1) is 9.21. The monoisotopic (exact) mass is 265 g/mol. The molecule has 2 rings (SSSR count). The van der Waals surface area contributed by atoms with E-state index in [1.165, 1.54) is 0 Å². The number of ether oxygens (including phenoxy) is 2. The van der Waals surface area contributed by atoms with Crippen molar-refractivity contribution in [3.63, 3.8) is 0 Å². The highest BCUT2D eigenvalue weighted by molar-refractivity contribution is 6.02. The first kappa shape index (κ1) is 13.6. The Hall–Kier alpha value is -1.79. The molecule has 1 aliphatic rings. The molecule has 2 unspecified atom stereocenters. The minimum atomic E-state index is 0.0188. The molecule has 0 aromatic heterocycles. The number of hydrogen-bond acceptors (Lipinski definition) is 5. The average Bonchev–Trinajstić information content (AvgIpc) is 2.89. The van der Waals surface area contributed by atoms with Crippen LogP contribution in [0.15, 0.2) is 29.4 Å². The van der Waals surface area contributed by atoms with E-state index in [1.54, 1.807) is 14.2 Å². The van der Waals surface area contributed by atoms with Crippen molar-refractivity contribution >= 4 is 11.5 Å². The van der Waals surface area contributed by atoms with Crippen LogP contribution in [0.3, 0.4) is 0 Å². The summed E-state index contributed by atoms with van der Waals surface area (Å²) in [7, 11) is 3.35. The normalized spacial score (nSPS) is 23.9. The maximum atomic E-state index is 8.85. The second kappa shape index (κ2) is 5.90. The van der Waals surface area contributed by atoms with Crippen molar-refractivity contribution in [3.8, 4) is 0 Å². The Morgan fingerprint density at radius 1 is 1.26 bits per heavy atom. The fourth-order valence-electron chi connectivity index (χ4n) is 2.41. The summed E-state index contributed by atoms with van der Waals surface area (Å²) in [6, 6.07) is 7.55. The number of methoxy groups -OCH3 is 2. The Balaban J connectivity index is 2.28. The minimum absolute atomic E-state index is 0.0188. The van der Waals surface area contributed by atoms with E-state index >= 15 is 0 Å². The number of anilines is 1. The summed E-state index contributed by atoms with van der Waals surface area (Å²) in [4.78, 5) is 2.12. The van der Waals surface area contributed by atoms with Crippen LogP contribution in [-0.2, 0) is 9.47 Å². The van der Waals surface area contributed by atoms with Gasteiger partial charge in [-0.15, -0.1) is 0 Å². The first-order valence-electron chi connectivity index (χ1n) is 6.08. The van der Waals surface area contributed by atoms with Gasteiger partial charge in [0.2, 0.25) is 0 Å². The molecule has 19 heavy (non-hydrogen) atoms. The van der Waals surface area contributed by atoms with Crippen molar-refractivity contribution in [1.29, 1.82) is 0 Å². The van der Waals surface area contributed by atoms with Crippen LogP contribution in [0.2, 0.25) is 0 Å². The molecule has 2 atom stereocenters. The van der Waals surface area contributed by atoms with Crippen LogP contribution in [0.5, 0.6) is 0 Å². The number of rotatable bonds is 4. The molecule has 1 fully saturated rings. The van der Waals surface area contributed by atoms with E-state index in [4.69, 9.17) is 20.4 Å². The van der Waals surface area contributed by atoms with Gasteiger partial charge in [0.25, 0.3) is 0 Å². The lowest BCUT2D eigenvalue weighted by molar-refractivity contribution is -0.00461. The molecule has 0 spiro atoms. The van der Waals surface area contributed by atoms with Crippen molar-refractivity contribution in [2.45, 2.75) is 12.2 Å². The molecule has 1 aromatic carbocycles. The first-order valence-corrected chi connectivity index (χ1v) is 6.08. The van der Waals surface area contributed by atoms with Gasteiger partial charge in [-0.25, -0.2) is 0 Å². The Kier molecular flexibility index (Phi) is 4.24. The van der Waals surface area contributed by atoms with E-state index < -0.39 is 0 Å². The van der Waals surface area contributed by atoms with E-state index in [0.29, 0.717) is 18.7 Å². The highest BCUT2D eigenvalue weighted by atomic mass is 16.5. The van der Waals surface area contributed by atoms with Crippen LogP contribution in [0.1, 0.15) is 5.56 Å². The fourth-order valence-corrected chi connectivity index (χ4v) is 2.41. The minimum Gasteiger partial charge on any atom is -0.409 e. The predicted molar refractivity (Wildman–Crippen MR) is 72.8 cm³/mol. The van der Waals surface area contributed by atoms with Gasteiger partial charge in [-0.3, -0.25) is 0 Å². The van der Waals surface area contributed by atoms with Crippen molar-refractivity contribution < 1.29 is 14.7 Å². The smallest absolute Gasteiger partial charge is 0.172 e. The molecule has 0 saturated carbocycles. The van der Waals surface area contributed by atoms with E-state index in [1.807, 2.05) is 24.3 Å². The molecular formula is C13H19N3O3. The molecule has 3 N–H and O–H groups in total. The largest absolute Gasteiger partial charge is 0.409 e. The second-order valence-corrected chi connectivity index (χ2v) is 4.46. The van der Waals surface area contributed by atoms with Crippen LogP contribution in [0, 0.1) is 0 Å². The van der Waals surface area contributed by atoms with Crippen LogP contribution >= 0.6 is 0 Å². The zero-order valence-corrected chi connectivity index (χ0v) is 11.1. The Labute approximate surface area is 112 Å². The summed E-state index contributed by atoms with van der Waals surface area (Å²) in [5, 5.41) is 11.9. The zero-order valence-electron chi connectivity index (χ0n) is 11.1. The molecule has 0 radical (unpaired) electrons. The van der Waals surface area contributed by atoms with Gasteiger partial charge in [-0.05, 0) is 12.1 Å². The maximum Gasteiger partial charge on any atom is 0.172 e. The molecule has 0 bridgehead atoms. The number of amidine groups is 1. The van der Waals surface area contributed by atoms with Crippen molar-refractivity contribution in [3.05, 3.63) is 29.8 Å². The number of para-hydroxylation sites is 1. The molecular weight excluding hydrogens is 246 g/mol. The number of nitrogens with two attached hydrogens (primary N) is 1. The second-order valence-electron chi connectivity index (χ2n) is 4.46. The third-order valence-electron chi connectivity index (χ3n) is 3.45. The van der Waals surface area contributed by atoms with E-state index in [9.17, 15) is 0 Å². The topological polar surface area (TPSA) is 80.3 Å². The summed E-state index contributed by atoms with van der Waals surface area (Å²) in [6.45, 7) is 1.43. The zero-order chi connectivity index (χ0) is 13.8. The summed E-state index contributed by atoms with van der Waals surface area (Å²) < 4.78 is 10.8. The number of oxime groups is 1. The van der Waals surface area contributed by atoms with Gasteiger partial charge in [0, 0.05) is 38.6 Å². The van der Waals surface area contributed by atoms with Gasteiger partial charge in [0.05, 0.1) is 0 Å². The third-order valence-corrected chi connectivity index (χ3v) is 3.45. The lowest BCUT2D eigenvalue weighted by Crippen LogP contribution is -2.27. The van der Waals surface area contributed by atoms with Crippen molar-refractivity contribution in [1.82, 2.24) is 0 Å². The molecule has 6 nitrogen and oxygen atoms in total. The van der Waals surface area contributed by atoms with Gasteiger partial charge in [-0.1, -0.05) is 17.3 Å². The Bertz CT molecular complexity index is 452. The maximum absolute atomic E-state index is 8.85. The number of nitrogens with zero attached hydrogens (tertiary/aromatic N) is 2. The molecule has 1 aliphatic heterocycles. The molecule has 1 aromatic rings. The molecule has 1 heterocycles. The summed E-state index contributed by atoms with van der Waals surface area (Å²) >= 11 is 0. The quantitative estimate of drug-likeness (QED) is 0.361. The Morgan fingerprint density at radius 2 is 1.84 bits per heavy atom.